The molecule has 1 aromatic heterocycles. The van der Waals surface area contributed by atoms with E-state index in [0.29, 0.717) is 0 Å². The van der Waals surface area contributed by atoms with Crippen molar-refractivity contribution in [2.24, 2.45) is 4.99 Å². The first-order chi connectivity index (χ1) is 9.65. The van der Waals surface area contributed by atoms with Gasteiger partial charge in [0.1, 0.15) is 0 Å². The second-order valence-electron chi connectivity index (χ2n) is 5.00. The maximum atomic E-state index is 4.64. The molecule has 0 amide bonds. The van der Waals surface area contributed by atoms with Crippen LogP contribution in [0.1, 0.15) is 30.0 Å². The third-order valence-corrected chi connectivity index (χ3v) is 4.09. The van der Waals surface area contributed by atoms with E-state index in [9.17, 15) is 0 Å². The molecular weight excluding hydrogens is 395 g/mol. The second kappa shape index (κ2) is 12.2. The monoisotopic (exact) mass is 424 g/mol. The van der Waals surface area contributed by atoms with Gasteiger partial charge in [-0.3, -0.25) is 0 Å². The minimum absolute atomic E-state index is 0. The molecule has 6 heteroatoms. The Bertz CT molecular complexity index is 404. The van der Waals surface area contributed by atoms with Gasteiger partial charge in [-0.2, -0.15) is 0 Å². The van der Waals surface area contributed by atoms with Crippen molar-refractivity contribution in [3.63, 3.8) is 0 Å². The molecule has 0 saturated heterocycles. The lowest BCUT2D eigenvalue weighted by Crippen LogP contribution is -2.38. The van der Waals surface area contributed by atoms with Gasteiger partial charge < -0.3 is 15.5 Å². The maximum absolute atomic E-state index is 4.64. The van der Waals surface area contributed by atoms with E-state index in [4.69, 9.17) is 0 Å². The summed E-state index contributed by atoms with van der Waals surface area (Å²) in [5.74, 6) is 0.915. The molecule has 0 bridgehead atoms. The average Bonchev–Trinajstić information content (AvgIpc) is 2.88. The number of guanidine groups is 1. The zero-order valence-corrected chi connectivity index (χ0v) is 16.8. The SMILES string of the molecule is CCNC(=NCc1ccc(CC)s1)NCCCN(C)C.I. The lowest BCUT2D eigenvalue weighted by Gasteiger charge is -2.13. The molecule has 4 nitrogen and oxygen atoms in total. The molecule has 0 aliphatic carbocycles. The number of aliphatic imine (C=N–C) groups is 1. The van der Waals surface area contributed by atoms with Gasteiger partial charge in [-0.25, -0.2) is 4.99 Å². The first-order valence-electron chi connectivity index (χ1n) is 7.40. The summed E-state index contributed by atoms with van der Waals surface area (Å²) in [6.07, 6.45) is 2.23. The molecule has 1 rings (SSSR count). The van der Waals surface area contributed by atoms with Crippen molar-refractivity contribution < 1.29 is 0 Å². The van der Waals surface area contributed by atoms with E-state index < -0.39 is 0 Å². The van der Waals surface area contributed by atoms with E-state index in [1.807, 2.05) is 11.3 Å². The van der Waals surface area contributed by atoms with Crippen LogP contribution in [0.2, 0.25) is 0 Å². The van der Waals surface area contributed by atoms with E-state index in [1.165, 1.54) is 9.75 Å². The minimum atomic E-state index is 0. The molecule has 2 N–H and O–H groups in total. The lowest BCUT2D eigenvalue weighted by atomic mass is 10.4. The van der Waals surface area contributed by atoms with E-state index >= 15 is 0 Å². The van der Waals surface area contributed by atoms with Crippen molar-refractivity contribution in [2.45, 2.75) is 33.2 Å². The molecule has 21 heavy (non-hydrogen) atoms. The summed E-state index contributed by atoms with van der Waals surface area (Å²) in [6.45, 7) is 7.98. The van der Waals surface area contributed by atoms with Gasteiger partial charge >= 0.3 is 0 Å². The van der Waals surface area contributed by atoms with Crippen LogP contribution in [-0.2, 0) is 13.0 Å². The van der Waals surface area contributed by atoms with E-state index in [-0.39, 0.29) is 24.0 Å². The van der Waals surface area contributed by atoms with Crippen molar-refractivity contribution in [3.05, 3.63) is 21.9 Å². The fourth-order valence-electron chi connectivity index (χ4n) is 1.80. The van der Waals surface area contributed by atoms with Gasteiger partial charge in [-0.1, -0.05) is 6.92 Å². The Kier molecular flexibility index (Phi) is 12.0. The summed E-state index contributed by atoms with van der Waals surface area (Å²) in [7, 11) is 4.20. The van der Waals surface area contributed by atoms with Crippen molar-refractivity contribution in [1.29, 1.82) is 0 Å². The summed E-state index contributed by atoms with van der Waals surface area (Å²) in [5, 5.41) is 6.68. The van der Waals surface area contributed by atoms with Crippen LogP contribution < -0.4 is 10.6 Å². The van der Waals surface area contributed by atoms with E-state index in [1.54, 1.807) is 0 Å². The molecule has 1 aromatic rings. The third-order valence-electron chi connectivity index (χ3n) is 2.88. The van der Waals surface area contributed by atoms with Gasteiger partial charge in [0.05, 0.1) is 6.54 Å². The van der Waals surface area contributed by atoms with Crippen LogP contribution in [0.25, 0.3) is 0 Å². The molecule has 0 aliphatic rings. The standard InChI is InChI=1S/C15H28N4S.HI/c1-5-13-8-9-14(20-13)12-18-15(16-6-2)17-10-7-11-19(3)4;/h8-9H,5-7,10-12H2,1-4H3,(H2,16,17,18);1H. The highest BCUT2D eigenvalue weighted by atomic mass is 127. The fourth-order valence-corrected chi connectivity index (χ4v) is 2.68. The Balaban J connectivity index is 0.00000400. The average molecular weight is 424 g/mol. The summed E-state index contributed by atoms with van der Waals surface area (Å²) < 4.78 is 0. The van der Waals surface area contributed by atoms with Crippen LogP contribution in [0, 0.1) is 0 Å². The number of rotatable bonds is 8. The first kappa shape index (κ1) is 20.7. The second-order valence-corrected chi connectivity index (χ2v) is 6.25. The summed E-state index contributed by atoms with van der Waals surface area (Å²) in [5.41, 5.74) is 0. The summed E-state index contributed by atoms with van der Waals surface area (Å²) in [4.78, 5) is 9.59. The normalized spacial score (nSPS) is 11.4. The molecule has 0 unspecified atom stereocenters. The lowest BCUT2D eigenvalue weighted by molar-refractivity contribution is 0.399. The number of thiophene rings is 1. The Morgan fingerprint density at radius 1 is 1.19 bits per heavy atom. The van der Waals surface area contributed by atoms with Crippen LogP contribution in [0.15, 0.2) is 17.1 Å². The molecule has 1 heterocycles. The predicted molar refractivity (Wildman–Crippen MR) is 105 cm³/mol. The molecule has 122 valence electrons. The summed E-state index contributed by atoms with van der Waals surface area (Å²) in [6, 6.07) is 4.38. The van der Waals surface area contributed by atoms with Crippen LogP contribution in [-0.4, -0.2) is 44.6 Å². The fraction of sp³-hybridized carbons (Fsp3) is 0.667. The smallest absolute Gasteiger partial charge is 0.191 e. The van der Waals surface area contributed by atoms with Gasteiger partial charge in [0, 0.05) is 22.8 Å². The van der Waals surface area contributed by atoms with Gasteiger partial charge in [-0.15, -0.1) is 35.3 Å². The number of nitrogens with zero attached hydrogens (tertiary/aromatic N) is 2. The Hall–Kier alpha value is -0.340. The number of nitrogens with one attached hydrogen (secondary N) is 2. The molecule has 0 aliphatic heterocycles. The minimum Gasteiger partial charge on any atom is -0.357 e. The maximum Gasteiger partial charge on any atom is 0.191 e. The first-order valence-corrected chi connectivity index (χ1v) is 8.21. The Morgan fingerprint density at radius 3 is 2.48 bits per heavy atom. The highest BCUT2D eigenvalue weighted by Gasteiger charge is 2.00. The zero-order chi connectivity index (χ0) is 14.8. The number of halogens is 1. The Labute approximate surface area is 150 Å². The van der Waals surface area contributed by atoms with Gasteiger partial charge in [-0.05, 0) is 52.5 Å². The van der Waals surface area contributed by atoms with Crippen LogP contribution in [0.5, 0.6) is 0 Å². The highest BCUT2D eigenvalue weighted by Crippen LogP contribution is 2.17. The molecule has 0 radical (unpaired) electrons. The van der Waals surface area contributed by atoms with Crippen LogP contribution >= 0.6 is 35.3 Å². The van der Waals surface area contributed by atoms with Gasteiger partial charge in [0.15, 0.2) is 5.96 Å². The van der Waals surface area contributed by atoms with E-state index in [0.717, 1.165) is 45.0 Å². The topological polar surface area (TPSA) is 39.7 Å². The highest BCUT2D eigenvalue weighted by molar-refractivity contribution is 14.0. The molecule has 0 aromatic carbocycles. The molecule has 0 saturated carbocycles. The van der Waals surface area contributed by atoms with Crippen LogP contribution in [0.3, 0.4) is 0 Å². The van der Waals surface area contributed by atoms with Gasteiger partial charge in [0.2, 0.25) is 0 Å². The Morgan fingerprint density at radius 2 is 1.90 bits per heavy atom. The van der Waals surface area contributed by atoms with Crippen LogP contribution in [0.4, 0.5) is 0 Å². The van der Waals surface area contributed by atoms with Crippen molar-refractivity contribution in [1.82, 2.24) is 15.5 Å². The van der Waals surface area contributed by atoms with E-state index in [2.05, 4.69) is 60.6 Å². The quantitative estimate of drug-likeness (QED) is 0.292. The zero-order valence-electron chi connectivity index (χ0n) is 13.6. The number of hydrogen-bond acceptors (Lipinski definition) is 3. The number of hydrogen-bond donors (Lipinski definition) is 2. The molecule has 0 atom stereocenters. The number of aryl methyl sites for hydroxylation is 1. The molecular formula is C15H29IN4S. The largest absolute Gasteiger partial charge is 0.357 e. The van der Waals surface area contributed by atoms with Crippen molar-refractivity contribution >= 4 is 41.3 Å². The summed E-state index contributed by atoms with van der Waals surface area (Å²) >= 11 is 1.86. The third kappa shape index (κ3) is 9.31. The molecule has 0 fully saturated rings. The van der Waals surface area contributed by atoms with Crippen molar-refractivity contribution in [2.75, 3.05) is 33.7 Å². The predicted octanol–water partition coefficient (Wildman–Crippen LogP) is 2.94. The van der Waals surface area contributed by atoms with Crippen molar-refractivity contribution in [3.8, 4) is 0 Å². The molecule has 0 spiro atoms. The van der Waals surface area contributed by atoms with Gasteiger partial charge in [0.25, 0.3) is 0 Å².